The third kappa shape index (κ3) is 1.90. The summed E-state index contributed by atoms with van der Waals surface area (Å²) >= 11 is 0. The van der Waals surface area contributed by atoms with Gasteiger partial charge in [0.25, 0.3) is 5.78 Å². The Hall–Kier alpha value is -2.21. The zero-order valence-electron chi connectivity index (χ0n) is 10.1. The summed E-state index contributed by atoms with van der Waals surface area (Å²) < 4.78 is 0. The highest BCUT2D eigenvalue weighted by Crippen LogP contribution is 2.29. The molecule has 0 spiro atoms. The van der Waals surface area contributed by atoms with Gasteiger partial charge in [-0.25, -0.2) is 4.79 Å². The molecule has 2 aliphatic heterocycles. The molecular weight excluding hydrogens is 248 g/mol. The molecule has 19 heavy (non-hydrogen) atoms. The minimum atomic E-state index is -0.826. The van der Waals surface area contributed by atoms with Crippen LogP contribution in [-0.2, 0) is 14.4 Å². The SMILES string of the molecule is O=C1C(=O)N(OC(=O)[C@@H]2CCCN2)c2ccccc21. The Labute approximate surface area is 109 Å². The van der Waals surface area contributed by atoms with E-state index in [2.05, 4.69) is 5.32 Å². The minimum absolute atomic E-state index is 0.264. The number of Topliss-reactive ketones (excluding diaryl/α,β-unsaturated/α-hetero) is 1. The van der Waals surface area contributed by atoms with Gasteiger partial charge in [-0.3, -0.25) is 9.59 Å². The van der Waals surface area contributed by atoms with Crippen molar-refractivity contribution in [2.24, 2.45) is 0 Å². The lowest BCUT2D eigenvalue weighted by Gasteiger charge is -2.17. The van der Waals surface area contributed by atoms with E-state index in [1.165, 1.54) is 6.07 Å². The molecule has 6 nitrogen and oxygen atoms in total. The molecule has 0 saturated carbocycles. The summed E-state index contributed by atoms with van der Waals surface area (Å²) in [6.07, 6.45) is 1.57. The average Bonchev–Trinajstić information content (AvgIpc) is 3.03. The first kappa shape index (κ1) is 11.9. The van der Waals surface area contributed by atoms with Crippen molar-refractivity contribution in [2.45, 2.75) is 18.9 Å². The standard InChI is InChI=1S/C13H12N2O4/c16-11-8-4-1-2-6-10(8)15(12(11)17)19-13(18)9-5-3-7-14-9/h1-2,4,6,9,14H,3,5,7H2/t9-/m0/s1. The Balaban J connectivity index is 1.83. The molecule has 0 unspecified atom stereocenters. The van der Waals surface area contributed by atoms with Crippen LogP contribution in [0.25, 0.3) is 0 Å². The fourth-order valence-electron chi connectivity index (χ4n) is 2.29. The van der Waals surface area contributed by atoms with Crippen LogP contribution in [0.4, 0.5) is 5.69 Å². The van der Waals surface area contributed by atoms with Crippen molar-refractivity contribution >= 4 is 23.3 Å². The Morgan fingerprint density at radius 3 is 2.84 bits per heavy atom. The molecule has 1 amide bonds. The quantitative estimate of drug-likeness (QED) is 0.780. The second-order valence-corrected chi connectivity index (χ2v) is 4.51. The predicted molar refractivity (Wildman–Crippen MR) is 65.4 cm³/mol. The molecule has 6 heteroatoms. The number of ketones is 1. The smallest absolute Gasteiger partial charge is 0.331 e. The molecule has 1 aromatic carbocycles. The normalized spacial score (nSPS) is 21.7. The highest BCUT2D eigenvalue weighted by Gasteiger charge is 2.39. The summed E-state index contributed by atoms with van der Waals surface area (Å²) in [5.41, 5.74) is 0.587. The number of hydrogen-bond acceptors (Lipinski definition) is 5. The Morgan fingerprint density at radius 2 is 2.11 bits per heavy atom. The van der Waals surface area contributed by atoms with Crippen molar-refractivity contribution in [3.63, 3.8) is 0 Å². The number of carbonyl (C=O) groups is 3. The number of para-hydroxylation sites is 1. The van der Waals surface area contributed by atoms with Gasteiger partial charge in [0.15, 0.2) is 0 Å². The third-order valence-corrected chi connectivity index (χ3v) is 3.27. The summed E-state index contributed by atoms with van der Waals surface area (Å²) in [5, 5.41) is 3.77. The molecule has 0 aliphatic carbocycles. The van der Waals surface area contributed by atoms with E-state index in [0.717, 1.165) is 18.0 Å². The monoisotopic (exact) mass is 260 g/mol. The van der Waals surface area contributed by atoms with E-state index in [9.17, 15) is 14.4 Å². The number of nitrogens with one attached hydrogen (secondary N) is 1. The van der Waals surface area contributed by atoms with Gasteiger partial charge in [-0.05, 0) is 31.5 Å². The third-order valence-electron chi connectivity index (χ3n) is 3.27. The second-order valence-electron chi connectivity index (χ2n) is 4.51. The summed E-state index contributed by atoms with van der Waals surface area (Å²) in [7, 11) is 0. The van der Waals surface area contributed by atoms with Crippen LogP contribution in [0.5, 0.6) is 0 Å². The number of fused-ring (bicyclic) bond motifs is 1. The number of carbonyl (C=O) groups excluding carboxylic acids is 3. The van der Waals surface area contributed by atoms with E-state index in [1.807, 2.05) is 0 Å². The fourth-order valence-corrected chi connectivity index (χ4v) is 2.29. The van der Waals surface area contributed by atoms with Gasteiger partial charge in [0.05, 0.1) is 11.3 Å². The molecule has 1 aromatic rings. The molecular formula is C13H12N2O4. The molecule has 3 rings (SSSR count). The van der Waals surface area contributed by atoms with Crippen LogP contribution >= 0.6 is 0 Å². The Morgan fingerprint density at radius 1 is 1.32 bits per heavy atom. The van der Waals surface area contributed by atoms with Crippen molar-refractivity contribution in [1.29, 1.82) is 0 Å². The molecule has 0 bridgehead atoms. The lowest BCUT2D eigenvalue weighted by molar-refractivity contribution is -0.150. The number of nitrogens with zero attached hydrogens (tertiary/aromatic N) is 1. The lowest BCUT2D eigenvalue weighted by atomic mass is 10.1. The maximum absolute atomic E-state index is 11.9. The first-order valence-corrected chi connectivity index (χ1v) is 6.11. The van der Waals surface area contributed by atoms with Gasteiger partial charge < -0.3 is 10.2 Å². The van der Waals surface area contributed by atoms with Crippen LogP contribution in [-0.4, -0.2) is 30.2 Å². The van der Waals surface area contributed by atoms with Crippen molar-refractivity contribution in [3.05, 3.63) is 29.8 Å². The van der Waals surface area contributed by atoms with Gasteiger partial charge >= 0.3 is 11.9 Å². The summed E-state index contributed by atoms with van der Waals surface area (Å²) in [6, 6.07) is 6.05. The fraction of sp³-hybridized carbons (Fsp3) is 0.308. The lowest BCUT2D eigenvalue weighted by Crippen LogP contribution is -2.40. The van der Waals surface area contributed by atoms with E-state index in [-0.39, 0.29) is 5.56 Å². The van der Waals surface area contributed by atoms with Gasteiger partial charge in [-0.15, -0.1) is 5.06 Å². The van der Waals surface area contributed by atoms with Gasteiger partial charge in [0, 0.05) is 0 Å². The van der Waals surface area contributed by atoms with E-state index in [0.29, 0.717) is 12.1 Å². The van der Waals surface area contributed by atoms with Gasteiger partial charge in [0.1, 0.15) is 6.04 Å². The van der Waals surface area contributed by atoms with E-state index >= 15 is 0 Å². The predicted octanol–water partition coefficient (Wildman–Crippen LogP) is 0.426. The number of hydroxylamine groups is 1. The molecule has 1 N–H and O–H groups in total. The zero-order chi connectivity index (χ0) is 13.4. The molecule has 1 fully saturated rings. The van der Waals surface area contributed by atoms with Crippen LogP contribution in [0.2, 0.25) is 0 Å². The summed E-state index contributed by atoms with van der Waals surface area (Å²) in [5.74, 6) is -2.01. The summed E-state index contributed by atoms with van der Waals surface area (Å²) in [6.45, 7) is 0.753. The van der Waals surface area contributed by atoms with E-state index < -0.39 is 23.7 Å². The van der Waals surface area contributed by atoms with Gasteiger partial charge in [-0.2, -0.15) is 0 Å². The molecule has 0 aromatic heterocycles. The highest BCUT2D eigenvalue weighted by atomic mass is 16.7. The Kier molecular flexibility index (Phi) is 2.79. The topological polar surface area (TPSA) is 75.7 Å². The second kappa shape index (κ2) is 4.47. The van der Waals surface area contributed by atoms with Crippen LogP contribution < -0.4 is 10.4 Å². The number of anilines is 1. The molecule has 0 radical (unpaired) electrons. The molecule has 1 saturated heterocycles. The first-order chi connectivity index (χ1) is 9.18. The minimum Gasteiger partial charge on any atom is -0.331 e. The maximum Gasteiger partial charge on any atom is 0.349 e. The zero-order valence-corrected chi connectivity index (χ0v) is 10.1. The van der Waals surface area contributed by atoms with Crippen molar-refractivity contribution in [1.82, 2.24) is 5.32 Å². The van der Waals surface area contributed by atoms with Crippen LogP contribution in [0, 0.1) is 0 Å². The van der Waals surface area contributed by atoms with Crippen molar-refractivity contribution in [2.75, 3.05) is 11.6 Å². The molecule has 2 aliphatic rings. The molecule has 98 valence electrons. The van der Waals surface area contributed by atoms with Crippen LogP contribution in [0.15, 0.2) is 24.3 Å². The summed E-state index contributed by atoms with van der Waals surface area (Å²) in [4.78, 5) is 40.4. The average molecular weight is 260 g/mol. The van der Waals surface area contributed by atoms with E-state index in [4.69, 9.17) is 4.84 Å². The van der Waals surface area contributed by atoms with Crippen LogP contribution in [0.1, 0.15) is 23.2 Å². The Bertz CT molecular complexity index is 564. The van der Waals surface area contributed by atoms with Gasteiger partial charge in [-0.1, -0.05) is 12.1 Å². The first-order valence-electron chi connectivity index (χ1n) is 6.11. The number of hydrogen-bond donors (Lipinski definition) is 1. The van der Waals surface area contributed by atoms with Crippen molar-refractivity contribution < 1.29 is 19.2 Å². The largest absolute Gasteiger partial charge is 0.349 e. The highest BCUT2D eigenvalue weighted by molar-refractivity contribution is 6.51. The maximum atomic E-state index is 11.9. The number of rotatable bonds is 2. The number of benzene rings is 1. The molecule has 1 atom stereocenters. The van der Waals surface area contributed by atoms with E-state index in [1.54, 1.807) is 18.2 Å². The van der Waals surface area contributed by atoms with Crippen LogP contribution in [0.3, 0.4) is 0 Å². The van der Waals surface area contributed by atoms with Gasteiger partial charge in [0.2, 0.25) is 0 Å². The molecule has 2 heterocycles. The number of amides is 1. The van der Waals surface area contributed by atoms with Crippen molar-refractivity contribution in [3.8, 4) is 0 Å².